The number of fused-ring (bicyclic) bond motifs is 1. The van der Waals surface area contributed by atoms with Crippen molar-refractivity contribution in [1.29, 1.82) is 0 Å². The number of hydrogen-bond acceptors (Lipinski definition) is 2. The van der Waals surface area contributed by atoms with Gasteiger partial charge in [-0.1, -0.05) is 18.2 Å². The largest absolute Gasteiger partial charge is 0.481 e. The highest BCUT2D eigenvalue weighted by atomic mass is 19.2. The Labute approximate surface area is 150 Å². The molecule has 1 heterocycles. The number of nitrogens with one attached hydrogen (secondary N) is 1. The van der Waals surface area contributed by atoms with Gasteiger partial charge < -0.3 is 14.6 Å². The van der Waals surface area contributed by atoms with Gasteiger partial charge in [-0.05, 0) is 37.6 Å². The molecular formula is C20H20F2N2O2. The van der Waals surface area contributed by atoms with Crippen molar-refractivity contribution in [3.63, 3.8) is 0 Å². The van der Waals surface area contributed by atoms with Crippen LogP contribution < -0.4 is 4.74 Å². The van der Waals surface area contributed by atoms with Gasteiger partial charge in [-0.3, -0.25) is 4.79 Å². The number of H-pyrrole nitrogens is 1. The maximum Gasteiger partial charge on any atom is 0.263 e. The number of rotatable bonds is 6. The predicted octanol–water partition coefficient (Wildman–Crippen LogP) is 4.26. The van der Waals surface area contributed by atoms with Gasteiger partial charge in [0.25, 0.3) is 5.91 Å². The molecule has 136 valence electrons. The molecule has 1 aromatic heterocycles. The summed E-state index contributed by atoms with van der Waals surface area (Å²) in [6.07, 6.45) is 1.08. The average Bonchev–Trinajstić information content (AvgIpc) is 3.05. The number of halogens is 2. The molecule has 0 aliphatic rings. The number of aromatic amines is 1. The summed E-state index contributed by atoms with van der Waals surface area (Å²) < 4.78 is 31.8. The van der Waals surface area contributed by atoms with Gasteiger partial charge in [-0.15, -0.1) is 0 Å². The third-order valence-electron chi connectivity index (χ3n) is 4.28. The van der Waals surface area contributed by atoms with Crippen molar-refractivity contribution in [1.82, 2.24) is 9.88 Å². The third kappa shape index (κ3) is 3.69. The second-order valence-corrected chi connectivity index (χ2v) is 6.05. The Morgan fingerprint density at radius 2 is 1.96 bits per heavy atom. The lowest BCUT2D eigenvalue weighted by Gasteiger charge is -2.24. The molecule has 1 amide bonds. The summed E-state index contributed by atoms with van der Waals surface area (Å²) in [5.74, 6) is -2.06. The number of ether oxygens (including phenoxy) is 1. The third-order valence-corrected chi connectivity index (χ3v) is 4.28. The Morgan fingerprint density at radius 3 is 2.69 bits per heavy atom. The van der Waals surface area contributed by atoms with Crippen molar-refractivity contribution >= 4 is 16.8 Å². The predicted molar refractivity (Wildman–Crippen MR) is 95.8 cm³/mol. The zero-order valence-corrected chi connectivity index (χ0v) is 14.6. The summed E-state index contributed by atoms with van der Waals surface area (Å²) in [7, 11) is 0. The van der Waals surface area contributed by atoms with E-state index < -0.39 is 17.7 Å². The van der Waals surface area contributed by atoms with Gasteiger partial charge in [-0.25, -0.2) is 8.78 Å². The first kappa shape index (κ1) is 17.9. The maximum atomic E-state index is 13.3. The van der Waals surface area contributed by atoms with Crippen molar-refractivity contribution in [3.8, 4) is 5.75 Å². The summed E-state index contributed by atoms with van der Waals surface area (Å²) in [4.78, 5) is 17.6. The van der Waals surface area contributed by atoms with Crippen LogP contribution in [0, 0.1) is 11.6 Å². The Morgan fingerprint density at radius 1 is 1.19 bits per heavy atom. The molecule has 0 saturated carbocycles. The van der Waals surface area contributed by atoms with Crippen molar-refractivity contribution in [3.05, 3.63) is 65.9 Å². The quantitative estimate of drug-likeness (QED) is 0.715. The normalized spacial score (nSPS) is 12.2. The highest BCUT2D eigenvalue weighted by Crippen LogP contribution is 2.21. The molecule has 1 unspecified atom stereocenters. The molecule has 0 aliphatic heterocycles. The molecule has 0 radical (unpaired) electrons. The van der Waals surface area contributed by atoms with Crippen molar-refractivity contribution in [2.24, 2.45) is 0 Å². The van der Waals surface area contributed by atoms with Crippen LogP contribution in [0.5, 0.6) is 5.75 Å². The Balaban J connectivity index is 1.72. The first-order chi connectivity index (χ1) is 12.5. The number of benzene rings is 2. The van der Waals surface area contributed by atoms with E-state index in [1.165, 1.54) is 6.07 Å². The lowest BCUT2D eigenvalue weighted by atomic mass is 10.1. The van der Waals surface area contributed by atoms with E-state index in [1.54, 1.807) is 11.8 Å². The van der Waals surface area contributed by atoms with Crippen LogP contribution in [0.3, 0.4) is 0 Å². The second kappa shape index (κ2) is 7.56. The Kier molecular flexibility index (Phi) is 5.21. The van der Waals surface area contributed by atoms with E-state index in [9.17, 15) is 13.6 Å². The monoisotopic (exact) mass is 358 g/mol. The Hall–Kier alpha value is -2.89. The summed E-state index contributed by atoms with van der Waals surface area (Å²) in [5, 5.41) is 1.06. The molecule has 0 bridgehead atoms. The van der Waals surface area contributed by atoms with Crippen LogP contribution in [-0.4, -0.2) is 28.4 Å². The minimum absolute atomic E-state index is 0.118. The van der Waals surface area contributed by atoms with E-state index in [1.807, 2.05) is 37.4 Å². The van der Waals surface area contributed by atoms with E-state index >= 15 is 0 Å². The summed E-state index contributed by atoms with van der Waals surface area (Å²) >= 11 is 0. The van der Waals surface area contributed by atoms with E-state index in [2.05, 4.69) is 4.98 Å². The number of hydrogen-bond donors (Lipinski definition) is 1. The first-order valence-corrected chi connectivity index (χ1v) is 8.45. The lowest BCUT2D eigenvalue weighted by molar-refractivity contribution is -0.138. The highest BCUT2D eigenvalue weighted by molar-refractivity contribution is 5.85. The standard InChI is InChI=1S/C20H20F2N2O2/c1-3-24(12-14-11-23-19-7-5-4-6-16(14)19)20(25)13(2)26-15-8-9-17(21)18(22)10-15/h4-11,13,23H,3,12H2,1-2H3. The molecule has 6 heteroatoms. The zero-order valence-electron chi connectivity index (χ0n) is 14.6. The van der Waals surface area contributed by atoms with Crippen LogP contribution in [0.4, 0.5) is 8.78 Å². The van der Waals surface area contributed by atoms with E-state index in [-0.39, 0.29) is 11.7 Å². The van der Waals surface area contributed by atoms with Gasteiger partial charge in [0.05, 0.1) is 0 Å². The summed E-state index contributed by atoms with van der Waals surface area (Å²) in [6.45, 7) is 4.42. The molecule has 3 rings (SSSR count). The molecule has 3 aromatic rings. The fraction of sp³-hybridized carbons (Fsp3) is 0.250. The van der Waals surface area contributed by atoms with E-state index in [0.29, 0.717) is 13.1 Å². The lowest BCUT2D eigenvalue weighted by Crippen LogP contribution is -2.39. The van der Waals surface area contributed by atoms with Crippen LogP contribution in [0.1, 0.15) is 19.4 Å². The minimum atomic E-state index is -1.01. The zero-order chi connectivity index (χ0) is 18.7. The second-order valence-electron chi connectivity index (χ2n) is 6.05. The van der Waals surface area contributed by atoms with Crippen LogP contribution >= 0.6 is 0 Å². The molecule has 0 saturated heterocycles. The van der Waals surface area contributed by atoms with Crippen LogP contribution in [0.15, 0.2) is 48.7 Å². The number of amides is 1. The fourth-order valence-corrected chi connectivity index (χ4v) is 2.88. The maximum absolute atomic E-state index is 13.3. The van der Waals surface area contributed by atoms with Crippen molar-refractivity contribution in [2.45, 2.75) is 26.5 Å². The van der Waals surface area contributed by atoms with Gasteiger partial charge in [-0.2, -0.15) is 0 Å². The van der Waals surface area contributed by atoms with E-state index in [4.69, 9.17) is 4.74 Å². The molecule has 1 atom stereocenters. The number of likely N-dealkylation sites (N-methyl/N-ethyl adjacent to an activating group) is 1. The van der Waals surface area contributed by atoms with Crippen LogP contribution in [0.25, 0.3) is 10.9 Å². The van der Waals surface area contributed by atoms with Gasteiger partial charge in [0, 0.05) is 36.3 Å². The molecule has 0 aliphatic carbocycles. The molecule has 1 N–H and O–H groups in total. The molecule has 0 fully saturated rings. The number of carbonyl (C=O) groups is 1. The number of aromatic nitrogens is 1. The first-order valence-electron chi connectivity index (χ1n) is 8.45. The van der Waals surface area contributed by atoms with Gasteiger partial charge in [0.1, 0.15) is 5.75 Å². The van der Waals surface area contributed by atoms with Crippen molar-refractivity contribution in [2.75, 3.05) is 6.54 Å². The summed E-state index contributed by atoms with van der Waals surface area (Å²) in [6, 6.07) is 11.1. The highest BCUT2D eigenvalue weighted by Gasteiger charge is 2.22. The van der Waals surface area contributed by atoms with E-state index in [0.717, 1.165) is 28.6 Å². The molecule has 4 nitrogen and oxygen atoms in total. The smallest absolute Gasteiger partial charge is 0.263 e. The molecular weight excluding hydrogens is 338 g/mol. The Bertz CT molecular complexity index is 923. The van der Waals surface area contributed by atoms with Gasteiger partial charge >= 0.3 is 0 Å². The molecule has 0 spiro atoms. The molecule has 26 heavy (non-hydrogen) atoms. The minimum Gasteiger partial charge on any atom is -0.481 e. The molecule has 2 aromatic carbocycles. The van der Waals surface area contributed by atoms with Crippen molar-refractivity contribution < 1.29 is 18.3 Å². The average molecular weight is 358 g/mol. The number of nitrogens with zero attached hydrogens (tertiary/aromatic N) is 1. The fourth-order valence-electron chi connectivity index (χ4n) is 2.88. The topological polar surface area (TPSA) is 45.3 Å². The van der Waals surface area contributed by atoms with Gasteiger partial charge in [0.2, 0.25) is 0 Å². The SMILES string of the molecule is CCN(Cc1c[nH]c2ccccc12)C(=O)C(C)Oc1ccc(F)c(F)c1. The van der Waals surface area contributed by atoms with Crippen LogP contribution in [0.2, 0.25) is 0 Å². The van der Waals surface area contributed by atoms with Gasteiger partial charge in [0.15, 0.2) is 17.7 Å². The number of para-hydroxylation sites is 1. The van der Waals surface area contributed by atoms with Crippen LogP contribution in [-0.2, 0) is 11.3 Å². The summed E-state index contributed by atoms with van der Waals surface area (Å²) in [5.41, 5.74) is 2.02. The number of carbonyl (C=O) groups excluding carboxylic acids is 1.